The maximum absolute atomic E-state index is 13.1. The van der Waals surface area contributed by atoms with Crippen LogP contribution in [0.1, 0.15) is 23.0 Å². The average molecular weight is 491 g/mol. The lowest BCUT2D eigenvalue weighted by Gasteiger charge is -2.13. The number of aryl methyl sites for hydroxylation is 1. The zero-order valence-corrected chi connectivity index (χ0v) is 19.8. The van der Waals surface area contributed by atoms with Gasteiger partial charge in [0.1, 0.15) is 11.4 Å². The van der Waals surface area contributed by atoms with Crippen molar-refractivity contribution in [2.75, 3.05) is 22.7 Å². The maximum atomic E-state index is 13.1. The van der Waals surface area contributed by atoms with Crippen LogP contribution in [0.5, 0.6) is 5.75 Å². The molecule has 178 valence electrons. The van der Waals surface area contributed by atoms with Crippen molar-refractivity contribution in [2.45, 2.75) is 13.8 Å². The van der Waals surface area contributed by atoms with Gasteiger partial charge in [-0.1, -0.05) is 23.7 Å². The summed E-state index contributed by atoms with van der Waals surface area (Å²) in [4.78, 5) is 38.4. The molecule has 4 aromatic rings. The fourth-order valence-electron chi connectivity index (χ4n) is 3.53. The quantitative estimate of drug-likeness (QED) is 0.332. The highest BCUT2D eigenvalue weighted by Gasteiger charge is 2.21. The first-order chi connectivity index (χ1) is 16.8. The molecule has 0 aliphatic rings. The second-order valence-corrected chi connectivity index (χ2v) is 8.18. The Labute approximate surface area is 206 Å². The third kappa shape index (κ3) is 5.62. The van der Waals surface area contributed by atoms with E-state index in [9.17, 15) is 14.4 Å². The van der Waals surface area contributed by atoms with E-state index in [1.807, 2.05) is 32.0 Å². The van der Waals surface area contributed by atoms with Gasteiger partial charge in [-0.05, 0) is 80.1 Å². The van der Waals surface area contributed by atoms with Gasteiger partial charge in [0.2, 0.25) is 0 Å². The van der Waals surface area contributed by atoms with E-state index in [0.29, 0.717) is 39.7 Å². The van der Waals surface area contributed by atoms with Crippen molar-refractivity contribution < 1.29 is 19.1 Å². The number of carbonyl (C=O) groups is 3. The number of fused-ring (bicyclic) bond motifs is 1. The number of rotatable bonds is 6. The van der Waals surface area contributed by atoms with E-state index in [2.05, 4.69) is 16.1 Å². The third-order valence-corrected chi connectivity index (χ3v) is 5.35. The minimum Gasteiger partial charge on any atom is -0.494 e. The number of anilines is 2. The van der Waals surface area contributed by atoms with Crippen LogP contribution in [0.15, 0.2) is 72.8 Å². The van der Waals surface area contributed by atoms with Gasteiger partial charge >= 0.3 is 11.8 Å². The van der Waals surface area contributed by atoms with E-state index in [4.69, 9.17) is 16.3 Å². The molecule has 0 atom stereocenters. The van der Waals surface area contributed by atoms with E-state index in [-0.39, 0.29) is 5.69 Å². The molecule has 0 saturated carbocycles. The Bertz CT molecular complexity index is 1410. The molecule has 0 unspecified atom stereocenters. The van der Waals surface area contributed by atoms with Gasteiger partial charge in [0.25, 0.3) is 5.91 Å². The number of halogens is 1. The number of hydrogen-bond donors (Lipinski definition) is 3. The lowest BCUT2D eigenvalue weighted by molar-refractivity contribution is -0.133. The Morgan fingerprint density at radius 3 is 2.37 bits per heavy atom. The van der Waals surface area contributed by atoms with Crippen molar-refractivity contribution in [3.8, 4) is 5.75 Å². The lowest BCUT2D eigenvalue weighted by Crippen LogP contribution is -2.36. The summed E-state index contributed by atoms with van der Waals surface area (Å²) in [7, 11) is 0. The largest absolute Gasteiger partial charge is 0.494 e. The second-order valence-electron chi connectivity index (χ2n) is 7.74. The smallest absolute Gasteiger partial charge is 0.328 e. The highest BCUT2D eigenvalue weighted by atomic mass is 35.5. The highest BCUT2D eigenvalue weighted by molar-refractivity contribution is 6.42. The van der Waals surface area contributed by atoms with E-state index in [1.54, 1.807) is 54.6 Å². The first-order valence-electron chi connectivity index (χ1n) is 10.9. The first-order valence-corrected chi connectivity index (χ1v) is 11.3. The molecule has 0 spiro atoms. The van der Waals surface area contributed by atoms with Crippen LogP contribution in [0.2, 0.25) is 5.02 Å². The SMILES string of the molecule is CCOc1ccc(NC(=O)C(=O)Nn2c(C(=O)Nc3cccc(C)c3)cc3cc(Cl)ccc32)cc1. The molecule has 9 heteroatoms. The predicted octanol–water partition coefficient (Wildman–Crippen LogP) is 4.96. The average Bonchev–Trinajstić information content (AvgIpc) is 3.18. The standard InChI is InChI=1S/C26H23ClN4O4/c1-3-35-21-10-8-19(9-11-21)28-25(33)26(34)30-31-22-12-7-18(27)14-17(22)15-23(31)24(32)29-20-6-4-5-16(2)13-20/h4-15H,3H2,1-2H3,(H,28,33)(H,29,32)(H,30,34). The lowest BCUT2D eigenvalue weighted by atomic mass is 10.2. The molecule has 3 amide bonds. The van der Waals surface area contributed by atoms with Crippen LogP contribution in [-0.4, -0.2) is 29.0 Å². The van der Waals surface area contributed by atoms with E-state index < -0.39 is 17.7 Å². The summed E-state index contributed by atoms with van der Waals surface area (Å²) in [6.07, 6.45) is 0. The third-order valence-electron chi connectivity index (χ3n) is 5.11. The van der Waals surface area contributed by atoms with Crippen molar-refractivity contribution in [1.82, 2.24) is 4.68 Å². The van der Waals surface area contributed by atoms with E-state index in [0.717, 1.165) is 5.56 Å². The number of nitrogens with one attached hydrogen (secondary N) is 3. The molecule has 0 aliphatic carbocycles. The van der Waals surface area contributed by atoms with Gasteiger partial charge in [0.15, 0.2) is 0 Å². The van der Waals surface area contributed by atoms with Crippen molar-refractivity contribution in [2.24, 2.45) is 0 Å². The normalized spacial score (nSPS) is 10.6. The molecule has 0 fully saturated rings. The topological polar surface area (TPSA) is 101 Å². The summed E-state index contributed by atoms with van der Waals surface area (Å²) in [5.41, 5.74) is 5.16. The molecule has 1 heterocycles. The van der Waals surface area contributed by atoms with Gasteiger partial charge in [0, 0.05) is 21.8 Å². The summed E-state index contributed by atoms with van der Waals surface area (Å²) >= 11 is 6.11. The summed E-state index contributed by atoms with van der Waals surface area (Å²) in [6, 6.07) is 20.5. The maximum Gasteiger partial charge on any atom is 0.328 e. The molecule has 0 saturated heterocycles. The summed E-state index contributed by atoms with van der Waals surface area (Å²) in [6.45, 7) is 4.30. The number of benzene rings is 3. The van der Waals surface area contributed by atoms with Gasteiger partial charge in [-0.25, -0.2) is 4.68 Å². The minimum atomic E-state index is -0.948. The summed E-state index contributed by atoms with van der Waals surface area (Å²) in [5.74, 6) is -1.65. The second kappa shape index (κ2) is 10.3. The van der Waals surface area contributed by atoms with Crippen LogP contribution in [-0.2, 0) is 9.59 Å². The van der Waals surface area contributed by atoms with Gasteiger partial charge in [0.05, 0.1) is 12.1 Å². The molecule has 0 radical (unpaired) electrons. The van der Waals surface area contributed by atoms with Gasteiger partial charge in [-0.2, -0.15) is 0 Å². The summed E-state index contributed by atoms with van der Waals surface area (Å²) in [5, 5.41) is 6.45. The number of ether oxygens (including phenoxy) is 1. The monoisotopic (exact) mass is 490 g/mol. The number of nitrogens with zero attached hydrogens (tertiary/aromatic N) is 1. The fraction of sp³-hybridized carbons (Fsp3) is 0.115. The molecule has 35 heavy (non-hydrogen) atoms. The zero-order chi connectivity index (χ0) is 24.9. The molecule has 1 aromatic heterocycles. The Morgan fingerprint density at radius 2 is 1.66 bits per heavy atom. The molecule has 0 aliphatic heterocycles. The van der Waals surface area contributed by atoms with Crippen LogP contribution in [0, 0.1) is 6.92 Å². The molecule has 0 bridgehead atoms. The Balaban J connectivity index is 1.57. The van der Waals surface area contributed by atoms with Crippen molar-refractivity contribution >= 4 is 51.6 Å². The number of carbonyl (C=O) groups excluding carboxylic acids is 3. The minimum absolute atomic E-state index is 0.131. The van der Waals surface area contributed by atoms with Gasteiger partial charge < -0.3 is 15.4 Å². The molecular weight excluding hydrogens is 468 g/mol. The van der Waals surface area contributed by atoms with Crippen molar-refractivity contribution in [3.05, 3.63) is 89.1 Å². The van der Waals surface area contributed by atoms with Crippen LogP contribution < -0.4 is 20.8 Å². The van der Waals surface area contributed by atoms with Crippen molar-refractivity contribution in [1.29, 1.82) is 0 Å². The Kier molecular flexibility index (Phi) is 7.03. The highest BCUT2D eigenvalue weighted by Crippen LogP contribution is 2.24. The molecule has 3 N–H and O–H groups in total. The van der Waals surface area contributed by atoms with E-state index >= 15 is 0 Å². The Morgan fingerprint density at radius 1 is 0.886 bits per heavy atom. The fourth-order valence-corrected chi connectivity index (χ4v) is 3.71. The Hall–Kier alpha value is -4.30. The number of amides is 3. The zero-order valence-electron chi connectivity index (χ0n) is 19.1. The van der Waals surface area contributed by atoms with Crippen LogP contribution >= 0.6 is 11.6 Å². The molecule has 3 aromatic carbocycles. The number of aromatic nitrogens is 1. The molecule has 4 rings (SSSR count). The van der Waals surface area contributed by atoms with Gasteiger partial charge in [-0.15, -0.1) is 0 Å². The molecule has 8 nitrogen and oxygen atoms in total. The van der Waals surface area contributed by atoms with Crippen LogP contribution in [0.3, 0.4) is 0 Å². The van der Waals surface area contributed by atoms with Crippen LogP contribution in [0.25, 0.3) is 10.9 Å². The van der Waals surface area contributed by atoms with Crippen LogP contribution in [0.4, 0.5) is 11.4 Å². The van der Waals surface area contributed by atoms with E-state index in [1.165, 1.54) is 4.68 Å². The molecular formula is C26H23ClN4O4. The number of hydrogen-bond acceptors (Lipinski definition) is 4. The predicted molar refractivity (Wildman–Crippen MR) is 137 cm³/mol. The summed E-state index contributed by atoms with van der Waals surface area (Å²) < 4.78 is 6.65. The van der Waals surface area contributed by atoms with Gasteiger partial charge in [-0.3, -0.25) is 19.8 Å². The first kappa shape index (κ1) is 23.8. The van der Waals surface area contributed by atoms with Crippen molar-refractivity contribution in [3.63, 3.8) is 0 Å².